The summed E-state index contributed by atoms with van der Waals surface area (Å²) >= 11 is 0. The van der Waals surface area contributed by atoms with Crippen molar-refractivity contribution in [2.45, 2.75) is 13.0 Å². The van der Waals surface area contributed by atoms with Gasteiger partial charge in [0.2, 0.25) is 0 Å². The quantitative estimate of drug-likeness (QED) is 0.783. The van der Waals surface area contributed by atoms with E-state index in [0.717, 1.165) is 12.0 Å². The maximum atomic E-state index is 11.3. The van der Waals surface area contributed by atoms with Crippen molar-refractivity contribution in [1.82, 2.24) is 19.6 Å². The number of rotatable bonds is 4. The first-order chi connectivity index (χ1) is 8.60. The van der Waals surface area contributed by atoms with Gasteiger partial charge < -0.3 is 10.5 Å². The van der Waals surface area contributed by atoms with Crippen molar-refractivity contribution < 1.29 is 9.53 Å². The van der Waals surface area contributed by atoms with E-state index in [2.05, 4.69) is 14.9 Å². The Kier molecular flexibility index (Phi) is 3.31. The van der Waals surface area contributed by atoms with Gasteiger partial charge in [0.15, 0.2) is 5.69 Å². The Morgan fingerprint density at radius 3 is 2.89 bits per heavy atom. The van der Waals surface area contributed by atoms with Gasteiger partial charge in [0.1, 0.15) is 0 Å². The zero-order chi connectivity index (χ0) is 13.1. The molecule has 2 N–H and O–H groups in total. The minimum Gasteiger partial charge on any atom is -0.464 e. The van der Waals surface area contributed by atoms with Crippen LogP contribution in [0.15, 0.2) is 18.6 Å². The van der Waals surface area contributed by atoms with Crippen molar-refractivity contribution in [3.63, 3.8) is 0 Å². The number of nitrogens with zero attached hydrogens (tertiary/aromatic N) is 4. The molecule has 0 aliphatic heterocycles. The van der Waals surface area contributed by atoms with Crippen molar-refractivity contribution >= 4 is 11.7 Å². The number of aromatic nitrogens is 4. The highest BCUT2D eigenvalue weighted by molar-refractivity contribution is 5.92. The summed E-state index contributed by atoms with van der Waals surface area (Å²) in [4.78, 5) is 11.3. The van der Waals surface area contributed by atoms with E-state index in [0.29, 0.717) is 12.2 Å². The second-order valence-corrected chi connectivity index (χ2v) is 3.96. The molecule has 0 amide bonds. The fraction of sp³-hybridized carbons (Fsp3) is 0.364. The largest absolute Gasteiger partial charge is 0.464 e. The number of hydrogen-bond donors (Lipinski definition) is 1. The monoisotopic (exact) mass is 249 g/mol. The standard InChI is InChI=1S/C11H15N5O2/c1-15-6-8(5-13-15)3-4-16-7-9(12)10(14-16)11(17)18-2/h5-7H,3-4,12H2,1-2H3. The summed E-state index contributed by atoms with van der Waals surface area (Å²) in [5.41, 5.74) is 7.28. The number of methoxy groups -OCH3 is 1. The molecule has 96 valence electrons. The Morgan fingerprint density at radius 2 is 2.28 bits per heavy atom. The van der Waals surface area contributed by atoms with Gasteiger partial charge in [-0.25, -0.2) is 4.79 Å². The minimum atomic E-state index is -0.521. The predicted octanol–water partition coefficient (Wildman–Crippen LogP) is 0.228. The van der Waals surface area contributed by atoms with Crippen molar-refractivity contribution in [2.75, 3.05) is 12.8 Å². The molecule has 2 heterocycles. The zero-order valence-electron chi connectivity index (χ0n) is 10.3. The van der Waals surface area contributed by atoms with Crippen LogP contribution in [-0.4, -0.2) is 32.6 Å². The molecular formula is C11H15N5O2. The number of nitrogen functional groups attached to an aromatic ring is 1. The summed E-state index contributed by atoms with van der Waals surface area (Å²) in [6.45, 7) is 0.632. The highest BCUT2D eigenvalue weighted by atomic mass is 16.5. The molecule has 0 aliphatic carbocycles. The number of nitrogens with two attached hydrogens (primary N) is 1. The van der Waals surface area contributed by atoms with Crippen LogP contribution in [-0.2, 0) is 24.8 Å². The van der Waals surface area contributed by atoms with Gasteiger partial charge in [0.05, 0.1) is 19.0 Å². The predicted molar refractivity (Wildman–Crippen MR) is 64.9 cm³/mol. The SMILES string of the molecule is COC(=O)c1nn(CCc2cnn(C)c2)cc1N. The topological polar surface area (TPSA) is 88.0 Å². The van der Waals surface area contributed by atoms with E-state index in [9.17, 15) is 4.79 Å². The summed E-state index contributed by atoms with van der Waals surface area (Å²) in [7, 11) is 3.17. The van der Waals surface area contributed by atoms with E-state index < -0.39 is 5.97 Å². The number of ether oxygens (including phenoxy) is 1. The molecule has 2 aromatic rings. The molecular weight excluding hydrogens is 234 g/mol. The first kappa shape index (κ1) is 12.2. The Bertz CT molecular complexity index is 558. The second-order valence-electron chi connectivity index (χ2n) is 3.96. The number of aryl methyl sites for hydroxylation is 3. The van der Waals surface area contributed by atoms with E-state index in [-0.39, 0.29) is 5.69 Å². The molecule has 2 aromatic heterocycles. The summed E-state index contributed by atoms with van der Waals surface area (Å²) in [6, 6.07) is 0. The maximum absolute atomic E-state index is 11.3. The van der Waals surface area contributed by atoms with Crippen molar-refractivity contribution in [3.8, 4) is 0 Å². The van der Waals surface area contributed by atoms with Crippen molar-refractivity contribution in [2.24, 2.45) is 7.05 Å². The molecule has 0 bridgehead atoms. The van der Waals surface area contributed by atoms with Gasteiger partial charge in [-0.3, -0.25) is 9.36 Å². The average molecular weight is 249 g/mol. The number of carbonyl (C=O) groups is 1. The van der Waals surface area contributed by atoms with Crippen LogP contribution < -0.4 is 5.73 Å². The van der Waals surface area contributed by atoms with E-state index in [1.165, 1.54) is 7.11 Å². The lowest BCUT2D eigenvalue weighted by Crippen LogP contribution is -2.07. The van der Waals surface area contributed by atoms with Crippen LogP contribution in [0.4, 0.5) is 5.69 Å². The molecule has 18 heavy (non-hydrogen) atoms. The average Bonchev–Trinajstić information content (AvgIpc) is 2.92. The molecule has 2 rings (SSSR count). The smallest absolute Gasteiger partial charge is 0.360 e. The van der Waals surface area contributed by atoms with Crippen LogP contribution in [0.3, 0.4) is 0 Å². The maximum Gasteiger partial charge on any atom is 0.360 e. The summed E-state index contributed by atoms with van der Waals surface area (Å²) in [6.07, 6.45) is 6.14. The summed E-state index contributed by atoms with van der Waals surface area (Å²) < 4.78 is 7.96. The lowest BCUT2D eigenvalue weighted by atomic mass is 10.2. The van der Waals surface area contributed by atoms with E-state index in [4.69, 9.17) is 5.73 Å². The number of hydrogen-bond acceptors (Lipinski definition) is 5. The molecule has 0 aliphatic rings. The van der Waals surface area contributed by atoms with Crippen LogP contribution in [0.5, 0.6) is 0 Å². The highest BCUT2D eigenvalue weighted by Gasteiger charge is 2.14. The van der Waals surface area contributed by atoms with Crippen LogP contribution in [0.2, 0.25) is 0 Å². The molecule has 0 unspecified atom stereocenters. The molecule has 0 atom stereocenters. The lowest BCUT2D eigenvalue weighted by molar-refractivity contribution is 0.0594. The zero-order valence-corrected chi connectivity index (χ0v) is 10.3. The van der Waals surface area contributed by atoms with Crippen LogP contribution in [0.25, 0.3) is 0 Å². The fourth-order valence-corrected chi connectivity index (χ4v) is 1.65. The summed E-state index contributed by atoms with van der Waals surface area (Å²) in [5, 5.41) is 8.17. The highest BCUT2D eigenvalue weighted by Crippen LogP contribution is 2.11. The third kappa shape index (κ3) is 2.50. The van der Waals surface area contributed by atoms with Gasteiger partial charge in [-0.15, -0.1) is 0 Å². The number of esters is 1. The van der Waals surface area contributed by atoms with Gasteiger partial charge >= 0.3 is 5.97 Å². The van der Waals surface area contributed by atoms with Crippen molar-refractivity contribution in [3.05, 3.63) is 29.8 Å². The van der Waals surface area contributed by atoms with Gasteiger partial charge in [-0.2, -0.15) is 10.2 Å². The normalized spacial score (nSPS) is 10.6. The lowest BCUT2D eigenvalue weighted by Gasteiger charge is -1.98. The molecule has 0 fully saturated rings. The fourth-order valence-electron chi connectivity index (χ4n) is 1.65. The molecule has 7 nitrogen and oxygen atoms in total. The van der Waals surface area contributed by atoms with Gasteiger partial charge in [0, 0.05) is 26.0 Å². The van der Waals surface area contributed by atoms with E-state index in [1.54, 1.807) is 21.8 Å². The Hall–Kier alpha value is -2.31. The molecule has 0 radical (unpaired) electrons. The third-order valence-electron chi connectivity index (χ3n) is 2.56. The second kappa shape index (κ2) is 4.91. The Labute approximate surface area is 104 Å². The molecule has 0 aromatic carbocycles. The van der Waals surface area contributed by atoms with Gasteiger partial charge in [0.25, 0.3) is 0 Å². The Morgan fingerprint density at radius 1 is 1.50 bits per heavy atom. The molecule has 0 saturated heterocycles. The van der Waals surface area contributed by atoms with Gasteiger partial charge in [-0.05, 0) is 12.0 Å². The van der Waals surface area contributed by atoms with Crippen LogP contribution in [0, 0.1) is 0 Å². The van der Waals surface area contributed by atoms with Crippen LogP contribution in [0.1, 0.15) is 16.1 Å². The van der Waals surface area contributed by atoms with Crippen molar-refractivity contribution in [1.29, 1.82) is 0 Å². The Balaban J connectivity index is 2.04. The molecule has 7 heteroatoms. The third-order valence-corrected chi connectivity index (χ3v) is 2.56. The minimum absolute atomic E-state index is 0.156. The number of anilines is 1. The first-order valence-electron chi connectivity index (χ1n) is 5.49. The molecule has 0 saturated carbocycles. The number of carbonyl (C=O) groups excluding carboxylic acids is 1. The summed E-state index contributed by atoms with van der Waals surface area (Å²) in [5.74, 6) is -0.521. The molecule has 0 spiro atoms. The first-order valence-corrected chi connectivity index (χ1v) is 5.49. The van der Waals surface area contributed by atoms with Gasteiger partial charge in [-0.1, -0.05) is 0 Å². The van der Waals surface area contributed by atoms with E-state index in [1.807, 2.05) is 13.2 Å². The van der Waals surface area contributed by atoms with Crippen LogP contribution >= 0.6 is 0 Å². The van der Waals surface area contributed by atoms with E-state index >= 15 is 0 Å².